The number of ether oxygens (including phenoxy) is 1. The van der Waals surface area contributed by atoms with E-state index in [1.807, 2.05) is 7.05 Å². The maximum absolute atomic E-state index is 10.6. The van der Waals surface area contributed by atoms with Gasteiger partial charge in [-0.25, -0.2) is 0 Å². The third-order valence-corrected chi connectivity index (χ3v) is 3.34. The third kappa shape index (κ3) is 2.03. The molecule has 1 saturated heterocycles. The van der Waals surface area contributed by atoms with Crippen LogP contribution in [0.3, 0.4) is 0 Å². The molecule has 0 radical (unpaired) electrons. The molecule has 4 heteroatoms. The molecule has 1 N–H and O–H groups in total. The number of aliphatic hydroxyl groups is 1. The minimum absolute atomic E-state index is 0.615. The van der Waals surface area contributed by atoms with Crippen LogP contribution in [-0.2, 0) is 5.60 Å². The molecule has 1 unspecified atom stereocenters. The Morgan fingerprint density at radius 3 is 2.81 bits per heavy atom. The van der Waals surface area contributed by atoms with Crippen molar-refractivity contribution in [1.82, 2.24) is 4.90 Å². The third-order valence-electron chi connectivity index (χ3n) is 3.10. The van der Waals surface area contributed by atoms with Crippen LogP contribution < -0.4 is 4.74 Å². The quantitative estimate of drug-likeness (QED) is 0.858. The molecule has 3 nitrogen and oxygen atoms in total. The van der Waals surface area contributed by atoms with Crippen LogP contribution in [-0.4, -0.2) is 37.3 Å². The molecule has 0 spiro atoms. The lowest BCUT2D eigenvalue weighted by Gasteiger charge is -2.25. The fourth-order valence-corrected chi connectivity index (χ4v) is 2.42. The van der Waals surface area contributed by atoms with E-state index in [4.69, 9.17) is 16.3 Å². The number of nitrogens with zero attached hydrogens (tertiary/aromatic N) is 1. The summed E-state index contributed by atoms with van der Waals surface area (Å²) in [5.41, 5.74) is -0.0581. The zero-order valence-corrected chi connectivity index (χ0v) is 10.3. The zero-order valence-electron chi connectivity index (χ0n) is 9.53. The number of halogens is 1. The first kappa shape index (κ1) is 11.7. The van der Waals surface area contributed by atoms with Crippen molar-refractivity contribution in [2.24, 2.45) is 0 Å². The molecule has 0 amide bonds. The van der Waals surface area contributed by atoms with Crippen LogP contribution in [0.25, 0.3) is 0 Å². The van der Waals surface area contributed by atoms with Crippen molar-refractivity contribution >= 4 is 11.6 Å². The SMILES string of the molecule is COc1ccc(Cl)cc1C1(O)CCN(C)C1. The molecule has 16 heavy (non-hydrogen) atoms. The van der Waals surface area contributed by atoms with Crippen molar-refractivity contribution in [2.75, 3.05) is 27.2 Å². The number of likely N-dealkylation sites (N-methyl/N-ethyl adjacent to an activating group) is 1. The predicted molar refractivity (Wildman–Crippen MR) is 64.0 cm³/mol. The number of benzene rings is 1. The van der Waals surface area contributed by atoms with Gasteiger partial charge in [0.1, 0.15) is 11.4 Å². The smallest absolute Gasteiger partial charge is 0.125 e. The second-order valence-corrected chi connectivity index (χ2v) is 4.80. The van der Waals surface area contributed by atoms with E-state index in [1.165, 1.54) is 0 Å². The molecule has 1 aliphatic rings. The number of hydrogen-bond acceptors (Lipinski definition) is 3. The van der Waals surface area contributed by atoms with Crippen LogP contribution >= 0.6 is 11.6 Å². The largest absolute Gasteiger partial charge is 0.496 e. The van der Waals surface area contributed by atoms with Crippen LogP contribution in [0, 0.1) is 0 Å². The van der Waals surface area contributed by atoms with Gasteiger partial charge in [0.2, 0.25) is 0 Å². The Kier molecular flexibility index (Phi) is 3.10. The van der Waals surface area contributed by atoms with Crippen LogP contribution in [0.15, 0.2) is 18.2 Å². The van der Waals surface area contributed by atoms with E-state index >= 15 is 0 Å². The molecular weight excluding hydrogens is 226 g/mol. The Morgan fingerprint density at radius 1 is 1.50 bits per heavy atom. The normalized spacial score (nSPS) is 26.0. The molecule has 0 aromatic heterocycles. The van der Waals surface area contributed by atoms with Gasteiger partial charge in [0.05, 0.1) is 7.11 Å². The highest BCUT2D eigenvalue weighted by molar-refractivity contribution is 6.30. The Bertz CT molecular complexity index is 397. The number of rotatable bonds is 2. The Morgan fingerprint density at radius 2 is 2.25 bits per heavy atom. The highest BCUT2D eigenvalue weighted by Crippen LogP contribution is 2.38. The Hall–Kier alpha value is -0.770. The number of methoxy groups -OCH3 is 1. The lowest BCUT2D eigenvalue weighted by atomic mass is 9.92. The van der Waals surface area contributed by atoms with Gasteiger partial charge >= 0.3 is 0 Å². The van der Waals surface area contributed by atoms with Crippen molar-refractivity contribution in [2.45, 2.75) is 12.0 Å². The zero-order chi connectivity index (χ0) is 11.8. The van der Waals surface area contributed by atoms with E-state index < -0.39 is 5.60 Å². The van der Waals surface area contributed by atoms with Gasteiger partial charge in [-0.05, 0) is 31.7 Å². The summed E-state index contributed by atoms with van der Waals surface area (Å²) >= 11 is 5.97. The monoisotopic (exact) mass is 241 g/mol. The lowest BCUT2D eigenvalue weighted by Crippen LogP contribution is -2.29. The highest BCUT2D eigenvalue weighted by atomic mass is 35.5. The summed E-state index contributed by atoms with van der Waals surface area (Å²) in [4.78, 5) is 2.10. The van der Waals surface area contributed by atoms with Crippen LogP contribution in [0.5, 0.6) is 5.75 Å². The van der Waals surface area contributed by atoms with E-state index in [9.17, 15) is 5.11 Å². The summed E-state index contributed by atoms with van der Waals surface area (Å²) in [6.07, 6.45) is 0.709. The summed E-state index contributed by atoms with van der Waals surface area (Å²) < 4.78 is 5.28. The molecule has 0 bridgehead atoms. The van der Waals surface area contributed by atoms with Crippen molar-refractivity contribution in [1.29, 1.82) is 0 Å². The molecule has 1 atom stereocenters. The van der Waals surface area contributed by atoms with Gasteiger partial charge < -0.3 is 14.7 Å². The van der Waals surface area contributed by atoms with E-state index in [0.717, 1.165) is 12.1 Å². The van der Waals surface area contributed by atoms with Crippen LogP contribution in [0.1, 0.15) is 12.0 Å². The molecule has 2 rings (SSSR count). The molecule has 0 aliphatic carbocycles. The summed E-state index contributed by atoms with van der Waals surface area (Å²) in [7, 11) is 3.60. The van der Waals surface area contributed by atoms with E-state index in [1.54, 1.807) is 25.3 Å². The van der Waals surface area contributed by atoms with Gasteiger partial charge in [-0.2, -0.15) is 0 Å². The standard InChI is InChI=1S/C12H16ClNO2/c1-14-6-5-12(15,8-14)10-7-9(13)3-4-11(10)16-2/h3-4,7,15H,5-6,8H2,1-2H3. The van der Waals surface area contributed by atoms with Gasteiger partial charge in [0.15, 0.2) is 0 Å². The Labute approximate surface area is 101 Å². The minimum atomic E-state index is -0.842. The fraction of sp³-hybridized carbons (Fsp3) is 0.500. The fourth-order valence-electron chi connectivity index (χ4n) is 2.24. The van der Waals surface area contributed by atoms with Crippen molar-refractivity contribution in [3.05, 3.63) is 28.8 Å². The lowest BCUT2D eigenvalue weighted by molar-refractivity contribution is 0.0464. The van der Waals surface area contributed by atoms with Gasteiger partial charge in [-0.3, -0.25) is 0 Å². The van der Waals surface area contributed by atoms with E-state index in [0.29, 0.717) is 23.7 Å². The molecule has 0 saturated carbocycles. The average molecular weight is 242 g/mol. The van der Waals surface area contributed by atoms with Gasteiger partial charge in [0, 0.05) is 23.7 Å². The average Bonchev–Trinajstić information content (AvgIpc) is 2.60. The summed E-state index contributed by atoms with van der Waals surface area (Å²) in [5.74, 6) is 0.696. The topological polar surface area (TPSA) is 32.7 Å². The molecule has 1 aromatic carbocycles. The minimum Gasteiger partial charge on any atom is -0.496 e. The van der Waals surface area contributed by atoms with Crippen LogP contribution in [0.4, 0.5) is 0 Å². The van der Waals surface area contributed by atoms with Crippen molar-refractivity contribution < 1.29 is 9.84 Å². The van der Waals surface area contributed by atoms with Gasteiger partial charge in [-0.15, -0.1) is 0 Å². The number of β-amino-alcohol motifs (C(OH)–C–C–N with tert-alkyl or cyclic N) is 1. The molecule has 1 heterocycles. The maximum Gasteiger partial charge on any atom is 0.125 e. The molecular formula is C12H16ClNO2. The van der Waals surface area contributed by atoms with E-state index in [2.05, 4.69) is 4.90 Å². The highest BCUT2D eigenvalue weighted by Gasteiger charge is 2.38. The summed E-state index contributed by atoms with van der Waals surface area (Å²) in [6, 6.07) is 5.36. The predicted octanol–water partition coefficient (Wildman–Crippen LogP) is 1.87. The van der Waals surface area contributed by atoms with Crippen LogP contribution in [0.2, 0.25) is 5.02 Å². The second kappa shape index (κ2) is 4.24. The first-order valence-corrected chi connectivity index (χ1v) is 5.68. The summed E-state index contributed by atoms with van der Waals surface area (Å²) in [6.45, 7) is 1.50. The molecule has 1 fully saturated rings. The van der Waals surface area contributed by atoms with Gasteiger partial charge in [0.25, 0.3) is 0 Å². The number of likely N-dealkylation sites (tertiary alicyclic amines) is 1. The summed E-state index contributed by atoms with van der Waals surface area (Å²) in [5, 5.41) is 11.2. The van der Waals surface area contributed by atoms with E-state index in [-0.39, 0.29) is 0 Å². The Balaban J connectivity index is 2.42. The molecule has 1 aromatic rings. The first-order valence-electron chi connectivity index (χ1n) is 5.30. The number of hydrogen-bond donors (Lipinski definition) is 1. The van der Waals surface area contributed by atoms with Crippen molar-refractivity contribution in [3.8, 4) is 5.75 Å². The second-order valence-electron chi connectivity index (χ2n) is 4.36. The van der Waals surface area contributed by atoms with Gasteiger partial charge in [-0.1, -0.05) is 11.6 Å². The molecule has 1 aliphatic heterocycles. The molecule has 88 valence electrons. The maximum atomic E-state index is 10.6. The van der Waals surface area contributed by atoms with Crippen molar-refractivity contribution in [3.63, 3.8) is 0 Å². The first-order chi connectivity index (χ1) is 7.55.